The smallest absolute Gasteiger partial charge is 0.243 e. The summed E-state index contributed by atoms with van der Waals surface area (Å²) in [5, 5.41) is 3.08. The largest absolute Gasteiger partial charge is 0.354 e. The minimum Gasteiger partial charge on any atom is -0.354 e. The number of amides is 2. The summed E-state index contributed by atoms with van der Waals surface area (Å²) < 4.78 is 0. The van der Waals surface area contributed by atoms with Gasteiger partial charge in [-0.25, -0.2) is 0 Å². The quantitative estimate of drug-likeness (QED) is 0.290. The Labute approximate surface area is 216 Å². The summed E-state index contributed by atoms with van der Waals surface area (Å²) in [7, 11) is 0. The van der Waals surface area contributed by atoms with E-state index in [0.29, 0.717) is 38.3 Å². The van der Waals surface area contributed by atoms with Crippen molar-refractivity contribution in [1.29, 1.82) is 0 Å². The number of rotatable bonds is 13. The van der Waals surface area contributed by atoms with E-state index < -0.39 is 6.04 Å². The van der Waals surface area contributed by atoms with Crippen molar-refractivity contribution in [3.8, 4) is 0 Å². The van der Waals surface area contributed by atoms with E-state index in [1.807, 2.05) is 60.7 Å². The number of hydrogen-bond donors (Lipinski definition) is 1. The van der Waals surface area contributed by atoms with Gasteiger partial charge in [0.2, 0.25) is 11.8 Å². The van der Waals surface area contributed by atoms with Crippen molar-refractivity contribution >= 4 is 11.8 Å². The van der Waals surface area contributed by atoms with Crippen LogP contribution in [0.25, 0.3) is 0 Å². The number of hydrogen-bond acceptors (Lipinski definition) is 2. The lowest BCUT2D eigenvalue weighted by atomic mass is 9.99. The molecule has 0 aliphatic heterocycles. The summed E-state index contributed by atoms with van der Waals surface area (Å²) in [6.45, 7) is 7.49. The lowest BCUT2D eigenvalue weighted by Gasteiger charge is -2.31. The fraction of sp³-hybridized carbons (Fsp3) is 0.375. The van der Waals surface area contributed by atoms with Gasteiger partial charge in [0.25, 0.3) is 0 Å². The van der Waals surface area contributed by atoms with Crippen LogP contribution in [0.4, 0.5) is 0 Å². The van der Waals surface area contributed by atoms with E-state index in [2.05, 4.69) is 50.4 Å². The van der Waals surface area contributed by atoms with Crippen molar-refractivity contribution in [2.45, 2.75) is 71.4 Å². The molecule has 0 radical (unpaired) electrons. The minimum atomic E-state index is -0.569. The zero-order valence-electron chi connectivity index (χ0n) is 22.0. The summed E-state index contributed by atoms with van der Waals surface area (Å²) in [6, 6.07) is 27.9. The van der Waals surface area contributed by atoms with E-state index in [9.17, 15) is 9.59 Å². The third-order valence-corrected chi connectivity index (χ3v) is 6.57. The first-order chi connectivity index (χ1) is 17.5. The second-order valence-corrected chi connectivity index (χ2v) is 9.75. The SMILES string of the molecule is CCCCNC(=O)[C@H](Cc1ccccc1)N(Cc1ccccc1)C(=O)CCc1ccc(C(C)C)cc1. The van der Waals surface area contributed by atoms with Crippen LogP contribution in [0.3, 0.4) is 0 Å². The van der Waals surface area contributed by atoms with E-state index in [1.165, 1.54) is 5.56 Å². The van der Waals surface area contributed by atoms with Crippen LogP contribution >= 0.6 is 0 Å². The fourth-order valence-corrected chi connectivity index (χ4v) is 4.30. The summed E-state index contributed by atoms with van der Waals surface area (Å²) >= 11 is 0. The van der Waals surface area contributed by atoms with E-state index >= 15 is 0 Å². The Balaban J connectivity index is 1.83. The van der Waals surface area contributed by atoms with Gasteiger partial charge in [0.1, 0.15) is 6.04 Å². The lowest BCUT2D eigenvalue weighted by molar-refractivity contribution is -0.141. The van der Waals surface area contributed by atoms with Gasteiger partial charge < -0.3 is 10.2 Å². The maximum absolute atomic E-state index is 13.7. The Hall–Kier alpha value is -3.40. The maximum Gasteiger partial charge on any atom is 0.243 e. The molecule has 0 saturated carbocycles. The van der Waals surface area contributed by atoms with E-state index in [-0.39, 0.29) is 11.8 Å². The molecule has 0 saturated heterocycles. The van der Waals surface area contributed by atoms with Crippen LogP contribution in [-0.4, -0.2) is 29.3 Å². The van der Waals surface area contributed by atoms with Crippen molar-refractivity contribution in [3.05, 3.63) is 107 Å². The summed E-state index contributed by atoms with van der Waals surface area (Å²) in [6.07, 6.45) is 3.43. The van der Waals surface area contributed by atoms with Gasteiger partial charge >= 0.3 is 0 Å². The molecule has 3 aromatic carbocycles. The first-order valence-corrected chi connectivity index (χ1v) is 13.2. The summed E-state index contributed by atoms with van der Waals surface area (Å²) in [5.74, 6) is 0.392. The predicted octanol–water partition coefficient (Wildman–Crippen LogP) is 6.30. The van der Waals surface area contributed by atoms with Crippen LogP contribution in [0.5, 0.6) is 0 Å². The van der Waals surface area contributed by atoms with Crippen molar-refractivity contribution in [2.75, 3.05) is 6.54 Å². The Bertz CT molecular complexity index is 1060. The molecule has 1 atom stereocenters. The Kier molecular flexibility index (Phi) is 10.7. The van der Waals surface area contributed by atoms with Crippen LogP contribution in [0.1, 0.15) is 68.2 Å². The van der Waals surface area contributed by atoms with Gasteiger partial charge in [0.15, 0.2) is 0 Å². The molecule has 0 bridgehead atoms. The zero-order valence-corrected chi connectivity index (χ0v) is 22.0. The molecule has 190 valence electrons. The third-order valence-electron chi connectivity index (χ3n) is 6.57. The molecule has 0 unspecified atom stereocenters. The van der Waals surface area contributed by atoms with Crippen molar-refractivity contribution in [3.63, 3.8) is 0 Å². The van der Waals surface area contributed by atoms with Gasteiger partial charge in [-0.15, -0.1) is 0 Å². The highest BCUT2D eigenvalue weighted by molar-refractivity contribution is 5.88. The molecule has 1 N–H and O–H groups in total. The molecule has 0 heterocycles. The molecular formula is C32H40N2O2. The van der Waals surface area contributed by atoms with Crippen molar-refractivity contribution < 1.29 is 9.59 Å². The topological polar surface area (TPSA) is 49.4 Å². The highest BCUT2D eigenvalue weighted by atomic mass is 16.2. The van der Waals surface area contributed by atoms with Gasteiger partial charge in [0.05, 0.1) is 0 Å². The van der Waals surface area contributed by atoms with Crippen molar-refractivity contribution in [1.82, 2.24) is 10.2 Å². The number of benzene rings is 3. The molecule has 0 aliphatic carbocycles. The second-order valence-electron chi connectivity index (χ2n) is 9.75. The van der Waals surface area contributed by atoms with Crippen LogP contribution in [-0.2, 0) is 29.0 Å². The Morgan fingerprint density at radius 2 is 1.42 bits per heavy atom. The normalized spacial score (nSPS) is 11.8. The van der Waals surface area contributed by atoms with Gasteiger partial charge in [-0.1, -0.05) is 112 Å². The van der Waals surface area contributed by atoms with E-state index in [0.717, 1.165) is 29.5 Å². The number of unbranched alkanes of at least 4 members (excludes halogenated alkanes) is 1. The molecule has 3 rings (SSSR count). The second kappa shape index (κ2) is 14.2. The van der Waals surface area contributed by atoms with E-state index in [4.69, 9.17) is 0 Å². The number of aryl methyl sites for hydroxylation is 1. The number of carbonyl (C=O) groups is 2. The molecule has 0 fully saturated rings. The summed E-state index contributed by atoms with van der Waals surface area (Å²) in [5.41, 5.74) is 4.50. The van der Waals surface area contributed by atoms with Crippen LogP contribution < -0.4 is 5.32 Å². The average molecular weight is 485 g/mol. The number of nitrogens with one attached hydrogen (secondary N) is 1. The molecule has 36 heavy (non-hydrogen) atoms. The minimum absolute atomic E-state index is 0.00152. The lowest BCUT2D eigenvalue weighted by Crippen LogP contribution is -2.50. The molecule has 2 amide bonds. The molecular weight excluding hydrogens is 444 g/mol. The Morgan fingerprint density at radius 3 is 2.00 bits per heavy atom. The van der Waals surface area contributed by atoms with Crippen LogP contribution in [0.15, 0.2) is 84.9 Å². The molecule has 4 nitrogen and oxygen atoms in total. The zero-order chi connectivity index (χ0) is 25.8. The fourth-order valence-electron chi connectivity index (χ4n) is 4.30. The standard InChI is InChI=1S/C32H40N2O2/c1-4-5-22-33-32(36)30(23-27-12-8-6-9-13-27)34(24-28-14-10-7-11-15-28)31(35)21-18-26-16-19-29(20-17-26)25(2)3/h6-17,19-20,25,30H,4-5,18,21-24H2,1-3H3,(H,33,36)/t30-/m0/s1. The predicted molar refractivity (Wildman–Crippen MR) is 148 cm³/mol. The maximum atomic E-state index is 13.7. The number of nitrogens with zero attached hydrogens (tertiary/aromatic N) is 1. The van der Waals surface area contributed by atoms with Gasteiger partial charge in [-0.2, -0.15) is 0 Å². The first kappa shape index (κ1) is 27.2. The average Bonchev–Trinajstić information content (AvgIpc) is 2.90. The number of carbonyl (C=O) groups excluding carboxylic acids is 2. The van der Waals surface area contributed by atoms with Gasteiger partial charge in [-0.3, -0.25) is 9.59 Å². The molecule has 0 spiro atoms. The highest BCUT2D eigenvalue weighted by Crippen LogP contribution is 2.19. The first-order valence-electron chi connectivity index (χ1n) is 13.2. The highest BCUT2D eigenvalue weighted by Gasteiger charge is 2.30. The summed E-state index contributed by atoms with van der Waals surface area (Å²) in [4.78, 5) is 28.9. The van der Waals surface area contributed by atoms with Gasteiger partial charge in [-0.05, 0) is 41.0 Å². The third kappa shape index (κ3) is 8.37. The Morgan fingerprint density at radius 1 is 0.806 bits per heavy atom. The monoisotopic (exact) mass is 484 g/mol. The molecule has 4 heteroatoms. The van der Waals surface area contributed by atoms with Crippen LogP contribution in [0.2, 0.25) is 0 Å². The molecule has 3 aromatic rings. The van der Waals surface area contributed by atoms with Gasteiger partial charge in [0, 0.05) is 25.9 Å². The van der Waals surface area contributed by atoms with Crippen molar-refractivity contribution in [2.24, 2.45) is 0 Å². The van der Waals surface area contributed by atoms with Crippen LogP contribution in [0, 0.1) is 0 Å². The molecule has 0 aliphatic rings. The molecule has 0 aromatic heterocycles. The van der Waals surface area contributed by atoms with E-state index in [1.54, 1.807) is 4.90 Å².